The summed E-state index contributed by atoms with van der Waals surface area (Å²) in [6, 6.07) is 19.2. The summed E-state index contributed by atoms with van der Waals surface area (Å²) in [6.45, 7) is 8.43. The Morgan fingerprint density at radius 2 is 1.53 bits per heavy atom. The molecule has 4 aliphatic heterocycles. The second kappa shape index (κ2) is 20.4. The number of amides is 5. The number of carbonyl (C=O) groups is 5. The van der Waals surface area contributed by atoms with Crippen molar-refractivity contribution in [1.82, 2.24) is 15.1 Å². The molecule has 1 saturated carbocycles. The van der Waals surface area contributed by atoms with E-state index in [0.717, 1.165) is 35.3 Å². The molecule has 1 aliphatic carbocycles. The van der Waals surface area contributed by atoms with E-state index in [-0.39, 0.29) is 71.8 Å². The lowest BCUT2D eigenvalue weighted by molar-refractivity contribution is -0.127. The van der Waals surface area contributed by atoms with Crippen LogP contribution in [0, 0.1) is 18.3 Å². The molecule has 18 nitrogen and oxygen atoms in total. The van der Waals surface area contributed by atoms with Crippen LogP contribution in [0.5, 0.6) is 23.0 Å². The first-order valence-electron chi connectivity index (χ1n) is 24.5. The van der Waals surface area contributed by atoms with Crippen LogP contribution < -0.4 is 45.5 Å². The van der Waals surface area contributed by atoms with Gasteiger partial charge in [-0.25, -0.2) is 9.69 Å². The third-order valence-corrected chi connectivity index (χ3v) is 14.4. The summed E-state index contributed by atoms with van der Waals surface area (Å²) in [4.78, 5) is 72.3. The zero-order valence-corrected chi connectivity index (χ0v) is 41.5. The van der Waals surface area contributed by atoms with Crippen molar-refractivity contribution in [1.29, 1.82) is 0 Å². The Bertz CT molecular complexity index is 2780. The quantitative estimate of drug-likeness (QED) is 0.0764. The highest BCUT2D eigenvalue weighted by Crippen LogP contribution is 2.57. The number of methoxy groups -OCH3 is 2. The number of anilines is 3. The van der Waals surface area contributed by atoms with Gasteiger partial charge in [-0.3, -0.25) is 19.2 Å². The van der Waals surface area contributed by atoms with Crippen molar-refractivity contribution in [3.05, 3.63) is 107 Å². The van der Waals surface area contributed by atoms with Gasteiger partial charge in [0.2, 0.25) is 11.8 Å². The van der Waals surface area contributed by atoms with Crippen LogP contribution in [0.3, 0.4) is 0 Å². The fraction of sp³-hybridized carbons (Fsp3) is 0.426. The number of rotatable bonds is 16. The zero-order valence-electron chi connectivity index (χ0n) is 41.5. The Hall–Kier alpha value is -7.31. The van der Waals surface area contributed by atoms with Crippen LogP contribution in [-0.4, -0.2) is 116 Å². The van der Waals surface area contributed by atoms with Gasteiger partial charge in [0, 0.05) is 43.5 Å². The highest BCUT2D eigenvalue weighted by atomic mass is 16.6. The molecule has 0 bridgehead atoms. The average molecular weight is 986 g/mol. The van der Waals surface area contributed by atoms with Gasteiger partial charge in [0.1, 0.15) is 12.6 Å². The molecular formula is C54H63N7O11. The summed E-state index contributed by atoms with van der Waals surface area (Å²) in [5.41, 5.74) is 11.7. The molecule has 4 aromatic rings. The van der Waals surface area contributed by atoms with Crippen LogP contribution in [0.1, 0.15) is 90.3 Å². The molecule has 0 radical (unpaired) electrons. The number of hydrogen-bond donors (Lipinski definition) is 5. The summed E-state index contributed by atoms with van der Waals surface area (Å²) in [7, 11) is 2.99. The van der Waals surface area contributed by atoms with Gasteiger partial charge in [0.05, 0.1) is 68.1 Å². The lowest BCUT2D eigenvalue weighted by Crippen LogP contribution is -2.50. The lowest BCUT2D eigenvalue weighted by atomic mass is 10.0. The van der Waals surface area contributed by atoms with Gasteiger partial charge in [0.25, 0.3) is 11.8 Å². The Kier molecular flexibility index (Phi) is 14.1. The van der Waals surface area contributed by atoms with E-state index in [1.807, 2.05) is 20.0 Å². The molecule has 4 aromatic carbocycles. The van der Waals surface area contributed by atoms with Gasteiger partial charge in [-0.1, -0.05) is 55.8 Å². The third-order valence-electron chi connectivity index (χ3n) is 14.4. The molecule has 4 heterocycles. The van der Waals surface area contributed by atoms with Crippen LogP contribution in [0.2, 0.25) is 0 Å². The monoisotopic (exact) mass is 985 g/mol. The van der Waals surface area contributed by atoms with Gasteiger partial charge in [-0.05, 0) is 91.8 Å². The van der Waals surface area contributed by atoms with Gasteiger partial charge >= 0.3 is 6.09 Å². The molecule has 1 unspecified atom stereocenters. The van der Waals surface area contributed by atoms with E-state index in [1.165, 1.54) is 31.9 Å². The topological polar surface area (TPSA) is 224 Å². The number of nitrogens with one attached hydrogen (secondary N) is 3. The molecule has 18 heteroatoms. The number of ether oxygens (including phenoxy) is 5. The molecule has 0 aromatic heterocycles. The van der Waals surface area contributed by atoms with Crippen molar-refractivity contribution in [3.8, 4) is 23.0 Å². The molecule has 72 heavy (non-hydrogen) atoms. The summed E-state index contributed by atoms with van der Waals surface area (Å²) in [5, 5.41) is 20.9. The van der Waals surface area contributed by atoms with E-state index < -0.39 is 42.3 Å². The van der Waals surface area contributed by atoms with Crippen molar-refractivity contribution < 1.29 is 52.8 Å². The smallest absolute Gasteiger partial charge is 0.416 e. The molecule has 380 valence electrons. The van der Waals surface area contributed by atoms with E-state index >= 15 is 0 Å². The number of hydrogen-bond acceptors (Lipinski definition) is 13. The molecule has 5 aliphatic rings. The largest absolute Gasteiger partial charge is 0.493 e. The van der Waals surface area contributed by atoms with E-state index in [4.69, 9.17) is 29.4 Å². The fourth-order valence-corrected chi connectivity index (χ4v) is 9.80. The van der Waals surface area contributed by atoms with Gasteiger partial charge in [-0.2, -0.15) is 0 Å². The number of benzene rings is 4. The predicted molar refractivity (Wildman–Crippen MR) is 269 cm³/mol. The van der Waals surface area contributed by atoms with Gasteiger partial charge in [-0.15, -0.1) is 0 Å². The van der Waals surface area contributed by atoms with Crippen molar-refractivity contribution in [2.45, 2.75) is 96.8 Å². The lowest BCUT2D eigenvalue weighted by Gasteiger charge is -2.31. The maximum Gasteiger partial charge on any atom is 0.416 e. The predicted octanol–water partition coefficient (Wildman–Crippen LogP) is 6.44. The average Bonchev–Trinajstić information content (AvgIpc) is 3.88. The summed E-state index contributed by atoms with van der Waals surface area (Å²) < 4.78 is 29.7. The molecule has 5 atom stereocenters. The number of aliphatic hydroxyl groups is 1. The van der Waals surface area contributed by atoms with Gasteiger partial charge in [0.15, 0.2) is 29.2 Å². The fourth-order valence-electron chi connectivity index (χ4n) is 9.80. The minimum absolute atomic E-state index is 0.0502. The first kappa shape index (κ1) is 49.7. The molecule has 2 fully saturated rings. The minimum Gasteiger partial charge on any atom is -0.493 e. The first-order chi connectivity index (χ1) is 34.6. The second-order valence-electron chi connectivity index (χ2n) is 19.8. The Balaban J connectivity index is 0.859. The standard InChI is InChI=1S/C54H63N7O11/c1-30(2)47(55)49(63)57-32(4)48(62)58-36-14-10-33(11-15-36)28-72-53(67)61-41-24-46(44(69-6)22-39(41)51(65)60-29-54(16-17-54)25-42(60)52(61)66)71-19-7-18-70-45-23-40-38(21-43(45)68-5)50(64)59-27-35(20-37(59)26-56-40)34-12-8-31(3)9-13-34/h8-15,21-24,27,30,32,37,42,47,52,56,66H,7,16-20,25-26,28-29,55H2,1-6H3,(H,57,63)(H,58,62)/t32-,37-,42-,47-,52?/m0/s1. The summed E-state index contributed by atoms with van der Waals surface area (Å²) in [5.74, 6) is -0.0640. The minimum atomic E-state index is -1.43. The van der Waals surface area contributed by atoms with Crippen molar-refractivity contribution in [3.63, 3.8) is 0 Å². The van der Waals surface area contributed by atoms with Crippen molar-refractivity contribution >= 4 is 52.4 Å². The van der Waals surface area contributed by atoms with Crippen LogP contribution >= 0.6 is 0 Å². The molecule has 1 saturated heterocycles. The number of fused-ring (bicyclic) bond motifs is 4. The maximum atomic E-state index is 14.3. The SMILES string of the molecule is COc1cc2c(cc1OCCCOc1cc3c(cc1OC)C(=O)N1CC4(CC4)C[C@H]1C(O)N3C(=O)OCc1ccc(NC(=O)[C@H](C)NC(=O)[C@@H](N)C(C)C)cc1)NC[C@@H]1CC(c3ccc(C)cc3)=CN1C2=O. The molecule has 9 rings (SSSR count). The van der Waals surface area contributed by atoms with E-state index in [2.05, 4.69) is 47.1 Å². The third kappa shape index (κ3) is 10.1. The molecular weight excluding hydrogens is 923 g/mol. The van der Waals surface area contributed by atoms with Crippen LogP contribution in [0.25, 0.3) is 5.57 Å². The Labute approximate surface area is 418 Å². The maximum absolute atomic E-state index is 14.3. The number of carbonyl (C=O) groups excluding carboxylic acids is 5. The van der Waals surface area contributed by atoms with Crippen LogP contribution in [0.4, 0.5) is 21.9 Å². The highest BCUT2D eigenvalue weighted by molar-refractivity contribution is 6.06. The van der Waals surface area contributed by atoms with E-state index in [9.17, 15) is 29.1 Å². The molecule has 1 spiro atoms. The van der Waals surface area contributed by atoms with Gasteiger partial charge < -0.3 is 60.3 Å². The number of nitrogens with zero attached hydrogens (tertiary/aromatic N) is 3. The second-order valence-corrected chi connectivity index (χ2v) is 19.8. The normalized spacial score (nSPS) is 20.2. The van der Waals surface area contributed by atoms with Crippen LogP contribution in [0.15, 0.2) is 79.0 Å². The number of aliphatic hydroxyl groups excluding tert-OH is 1. The Morgan fingerprint density at radius 1 is 0.861 bits per heavy atom. The van der Waals surface area contributed by atoms with Crippen molar-refractivity contribution in [2.75, 3.05) is 56.1 Å². The highest BCUT2D eigenvalue weighted by Gasteiger charge is 2.58. The number of aryl methyl sites for hydroxylation is 1. The van der Waals surface area contributed by atoms with Crippen molar-refractivity contribution in [2.24, 2.45) is 17.1 Å². The number of nitrogens with two attached hydrogens (primary N) is 1. The summed E-state index contributed by atoms with van der Waals surface area (Å²) >= 11 is 0. The van der Waals surface area contributed by atoms with Crippen LogP contribution in [-0.2, 0) is 20.9 Å². The molecule has 5 amide bonds. The molecule has 6 N–H and O–H groups in total. The van der Waals surface area contributed by atoms with E-state index in [0.29, 0.717) is 59.9 Å². The van der Waals surface area contributed by atoms with E-state index in [1.54, 1.807) is 53.1 Å². The Morgan fingerprint density at radius 3 is 2.18 bits per heavy atom. The summed E-state index contributed by atoms with van der Waals surface area (Å²) in [6.07, 6.45) is 3.15. The zero-order chi connectivity index (χ0) is 51.0. The first-order valence-corrected chi connectivity index (χ1v) is 24.5.